The first kappa shape index (κ1) is 16.9. The van der Waals surface area contributed by atoms with Crippen LogP contribution in [0, 0.1) is 11.7 Å². The van der Waals surface area contributed by atoms with E-state index in [9.17, 15) is 9.18 Å². The third-order valence-corrected chi connectivity index (χ3v) is 4.70. The number of nitrogens with one attached hydrogen (secondary N) is 1. The third-order valence-electron chi connectivity index (χ3n) is 4.70. The molecule has 1 aromatic carbocycles. The van der Waals surface area contributed by atoms with Crippen LogP contribution in [0.2, 0.25) is 0 Å². The van der Waals surface area contributed by atoms with E-state index in [4.69, 9.17) is 4.74 Å². The van der Waals surface area contributed by atoms with Gasteiger partial charge in [0.25, 0.3) is 6.47 Å². The average molecular weight is 307 g/mol. The molecule has 0 radical (unpaired) electrons. The fraction of sp³-hybridized carbons (Fsp3) is 0.611. The molecule has 0 heterocycles. The van der Waals surface area contributed by atoms with Gasteiger partial charge < -0.3 is 10.1 Å². The highest BCUT2D eigenvalue weighted by Crippen LogP contribution is 2.48. The zero-order chi connectivity index (χ0) is 16.0. The van der Waals surface area contributed by atoms with Gasteiger partial charge in [-0.05, 0) is 42.9 Å². The Morgan fingerprint density at radius 2 is 2.18 bits per heavy atom. The highest BCUT2D eigenvalue weighted by molar-refractivity contribution is 5.36. The minimum Gasteiger partial charge on any atom is -0.467 e. The van der Waals surface area contributed by atoms with Gasteiger partial charge in [-0.15, -0.1) is 0 Å². The Morgan fingerprint density at radius 3 is 2.73 bits per heavy atom. The summed E-state index contributed by atoms with van der Waals surface area (Å²) in [4.78, 5) is 10.3. The molecule has 1 aliphatic carbocycles. The number of carbonyl (C=O) groups is 1. The van der Waals surface area contributed by atoms with E-state index < -0.39 is 0 Å². The zero-order valence-corrected chi connectivity index (χ0v) is 13.5. The number of hydrogen-bond donors (Lipinski definition) is 1. The van der Waals surface area contributed by atoms with Crippen LogP contribution in [0.3, 0.4) is 0 Å². The van der Waals surface area contributed by atoms with Gasteiger partial charge in [0.1, 0.15) is 12.4 Å². The van der Waals surface area contributed by atoms with Gasteiger partial charge in [-0.2, -0.15) is 0 Å². The molecule has 0 aliphatic heterocycles. The lowest BCUT2D eigenvalue weighted by molar-refractivity contribution is -0.128. The standard InChI is InChI=1S/C18H26FNO2/c1-14(2)11-17(20-9-10-22-13-21)18(7-4-8-18)15-5-3-6-16(19)12-15/h3,5-6,12-14,17,20H,4,7-11H2,1-2H3. The van der Waals surface area contributed by atoms with Crippen molar-refractivity contribution in [3.8, 4) is 0 Å². The molecule has 1 N–H and O–H groups in total. The lowest BCUT2D eigenvalue weighted by Crippen LogP contribution is -2.54. The number of ether oxygens (including phenoxy) is 1. The molecule has 0 spiro atoms. The van der Waals surface area contributed by atoms with E-state index >= 15 is 0 Å². The molecule has 0 bridgehead atoms. The Morgan fingerprint density at radius 1 is 1.41 bits per heavy atom. The van der Waals surface area contributed by atoms with Crippen molar-refractivity contribution in [2.45, 2.75) is 51.0 Å². The van der Waals surface area contributed by atoms with Gasteiger partial charge in [0.15, 0.2) is 0 Å². The Balaban J connectivity index is 2.16. The number of benzene rings is 1. The monoisotopic (exact) mass is 307 g/mol. The van der Waals surface area contributed by atoms with Crippen molar-refractivity contribution in [2.24, 2.45) is 5.92 Å². The Hall–Kier alpha value is -1.42. The molecule has 4 heteroatoms. The molecule has 1 aliphatic rings. The highest BCUT2D eigenvalue weighted by atomic mass is 19.1. The van der Waals surface area contributed by atoms with E-state index in [2.05, 4.69) is 19.2 Å². The largest absolute Gasteiger partial charge is 0.467 e. The van der Waals surface area contributed by atoms with E-state index in [1.165, 1.54) is 12.5 Å². The molecule has 0 amide bonds. The molecule has 1 saturated carbocycles. The molecular weight excluding hydrogens is 281 g/mol. The smallest absolute Gasteiger partial charge is 0.293 e. The number of rotatable bonds is 9. The van der Waals surface area contributed by atoms with Crippen LogP contribution in [0.25, 0.3) is 0 Å². The first-order valence-electron chi connectivity index (χ1n) is 8.13. The van der Waals surface area contributed by atoms with Crippen LogP contribution < -0.4 is 5.32 Å². The summed E-state index contributed by atoms with van der Waals surface area (Å²) in [7, 11) is 0. The Bertz CT molecular complexity index is 486. The molecular formula is C18H26FNO2. The quantitative estimate of drug-likeness (QED) is 0.561. The van der Waals surface area contributed by atoms with Gasteiger partial charge >= 0.3 is 0 Å². The minimum absolute atomic E-state index is 0.00749. The number of hydrogen-bond acceptors (Lipinski definition) is 3. The number of halogens is 1. The second-order valence-corrected chi connectivity index (χ2v) is 6.62. The maximum absolute atomic E-state index is 13.7. The van der Waals surface area contributed by atoms with Crippen LogP contribution in [0.1, 0.15) is 45.1 Å². The normalized spacial score (nSPS) is 17.8. The average Bonchev–Trinajstić information content (AvgIpc) is 2.41. The summed E-state index contributed by atoms with van der Waals surface area (Å²) in [6.07, 6.45) is 4.36. The van der Waals surface area contributed by atoms with Gasteiger partial charge in [-0.1, -0.05) is 32.4 Å². The molecule has 1 unspecified atom stereocenters. The van der Waals surface area contributed by atoms with Crippen LogP contribution >= 0.6 is 0 Å². The van der Waals surface area contributed by atoms with Crippen LogP contribution in [0.5, 0.6) is 0 Å². The maximum atomic E-state index is 13.7. The van der Waals surface area contributed by atoms with E-state index in [0.717, 1.165) is 24.8 Å². The van der Waals surface area contributed by atoms with Crippen molar-refractivity contribution in [3.63, 3.8) is 0 Å². The predicted octanol–water partition coefficient (Wildman–Crippen LogP) is 3.42. The fourth-order valence-electron chi connectivity index (χ4n) is 3.51. The fourth-order valence-corrected chi connectivity index (χ4v) is 3.51. The number of carbonyl (C=O) groups excluding carboxylic acids is 1. The van der Waals surface area contributed by atoms with Gasteiger partial charge in [0, 0.05) is 18.0 Å². The van der Waals surface area contributed by atoms with Crippen molar-refractivity contribution < 1.29 is 13.9 Å². The van der Waals surface area contributed by atoms with E-state index in [1.807, 2.05) is 6.07 Å². The van der Waals surface area contributed by atoms with E-state index in [0.29, 0.717) is 25.5 Å². The second kappa shape index (κ2) is 7.73. The van der Waals surface area contributed by atoms with Crippen molar-refractivity contribution in [2.75, 3.05) is 13.2 Å². The maximum Gasteiger partial charge on any atom is 0.293 e. The van der Waals surface area contributed by atoms with Gasteiger partial charge in [-0.3, -0.25) is 4.79 Å². The molecule has 22 heavy (non-hydrogen) atoms. The zero-order valence-electron chi connectivity index (χ0n) is 13.5. The molecule has 0 aromatic heterocycles. The van der Waals surface area contributed by atoms with Crippen molar-refractivity contribution in [3.05, 3.63) is 35.6 Å². The van der Waals surface area contributed by atoms with Crippen LogP contribution in [0.15, 0.2) is 24.3 Å². The lowest BCUT2D eigenvalue weighted by atomic mass is 9.59. The van der Waals surface area contributed by atoms with Crippen molar-refractivity contribution in [1.29, 1.82) is 0 Å². The summed E-state index contributed by atoms with van der Waals surface area (Å²) in [5.74, 6) is 0.381. The van der Waals surface area contributed by atoms with Gasteiger partial charge in [0.05, 0.1) is 0 Å². The SMILES string of the molecule is CC(C)CC(NCCOC=O)C1(c2cccc(F)c2)CCC1. The summed E-state index contributed by atoms with van der Waals surface area (Å²) in [5.41, 5.74) is 1.10. The molecule has 1 atom stereocenters. The van der Waals surface area contributed by atoms with Crippen LogP contribution in [0.4, 0.5) is 4.39 Å². The topological polar surface area (TPSA) is 38.3 Å². The predicted molar refractivity (Wildman–Crippen MR) is 85.2 cm³/mol. The molecule has 1 fully saturated rings. The molecule has 0 saturated heterocycles. The second-order valence-electron chi connectivity index (χ2n) is 6.62. The molecule has 1 aromatic rings. The summed E-state index contributed by atoms with van der Waals surface area (Å²) in [5, 5.41) is 3.54. The van der Waals surface area contributed by atoms with Crippen molar-refractivity contribution in [1.82, 2.24) is 5.32 Å². The molecule has 3 nitrogen and oxygen atoms in total. The highest BCUT2D eigenvalue weighted by Gasteiger charge is 2.45. The van der Waals surface area contributed by atoms with Crippen LogP contribution in [-0.4, -0.2) is 25.7 Å². The summed E-state index contributed by atoms with van der Waals surface area (Å²) >= 11 is 0. The lowest BCUT2D eigenvalue weighted by Gasteiger charge is -2.49. The summed E-state index contributed by atoms with van der Waals surface area (Å²) in [6.45, 7) is 5.89. The minimum atomic E-state index is -0.170. The Labute approximate surface area is 132 Å². The first-order chi connectivity index (χ1) is 10.6. The summed E-state index contributed by atoms with van der Waals surface area (Å²) in [6, 6.07) is 7.29. The third kappa shape index (κ3) is 3.86. The first-order valence-corrected chi connectivity index (χ1v) is 8.13. The molecule has 122 valence electrons. The molecule has 2 rings (SSSR count). The van der Waals surface area contributed by atoms with Gasteiger partial charge in [0.2, 0.25) is 0 Å². The van der Waals surface area contributed by atoms with E-state index in [-0.39, 0.29) is 17.3 Å². The summed E-state index contributed by atoms with van der Waals surface area (Å²) < 4.78 is 18.4. The van der Waals surface area contributed by atoms with Crippen LogP contribution in [-0.2, 0) is 14.9 Å². The van der Waals surface area contributed by atoms with Gasteiger partial charge in [-0.25, -0.2) is 4.39 Å². The Kier molecular flexibility index (Phi) is 5.95. The van der Waals surface area contributed by atoms with Crippen molar-refractivity contribution >= 4 is 6.47 Å². The van der Waals surface area contributed by atoms with E-state index in [1.54, 1.807) is 12.1 Å².